The normalized spacial score (nSPS) is 16.2. The molecule has 1 N–H and O–H groups in total. The summed E-state index contributed by atoms with van der Waals surface area (Å²) in [5.41, 5.74) is 2.61. The average molecular weight is 462 g/mol. The summed E-state index contributed by atoms with van der Waals surface area (Å²) in [4.78, 5) is 31.2. The summed E-state index contributed by atoms with van der Waals surface area (Å²) in [6, 6.07) is 19.9. The number of carboxylic acid groups (broad SMARTS) is 1. The minimum atomic E-state index is -0.971. The molecule has 1 fully saturated rings. The molecule has 0 atom stereocenters. The maximum atomic E-state index is 13.2. The number of amides is 1. The zero-order chi connectivity index (χ0) is 23.2. The van der Waals surface area contributed by atoms with Gasteiger partial charge in [-0.2, -0.15) is 0 Å². The lowest BCUT2D eigenvalue weighted by Gasteiger charge is -2.15. The van der Waals surface area contributed by atoms with Gasteiger partial charge in [0.2, 0.25) is 0 Å². The van der Waals surface area contributed by atoms with Crippen molar-refractivity contribution in [2.75, 3.05) is 19.8 Å². The summed E-state index contributed by atoms with van der Waals surface area (Å²) in [6.45, 7) is 3.34. The molecule has 0 bridgehead atoms. The van der Waals surface area contributed by atoms with Crippen LogP contribution in [0.1, 0.15) is 23.0 Å². The fraction of sp³-hybridized carbons (Fsp3) is 0.160. The summed E-state index contributed by atoms with van der Waals surface area (Å²) < 4.78 is 7.37. The molecule has 2 heterocycles. The second kappa shape index (κ2) is 10.3. The van der Waals surface area contributed by atoms with Crippen molar-refractivity contribution in [2.24, 2.45) is 4.99 Å². The molecule has 2 aromatic carbocycles. The summed E-state index contributed by atoms with van der Waals surface area (Å²) in [7, 11) is 0. The number of aromatic nitrogens is 1. The number of amidine groups is 1. The van der Waals surface area contributed by atoms with E-state index in [9.17, 15) is 9.59 Å². The van der Waals surface area contributed by atoms with Gasteiger partial charge in [-0.15, -0.1) is 0 Å². The molecule has 8 heteroatoms. The van der Waals surface area contributed by atoms with Crippen LogP contribution in [-0.2, 0) is 9.53 Å². The molecule has 4 rings (SSSR count). The number of rotatable bonds is 8. The van der Waals surface area contributed by atoms with Gasteiger partial charge >= 0.3 is 5.97 Å². The van der Waals surface area contributed by atoms with Gasteiger partial charge in [-0.1, -0.05) is 18.2 Å². The average Bonchev–Trinajstić information content (AvgIpc) is 3.40. The molecule has 7 nitrogen and oxygen atoms in total. The van der Waals surface area contributed by atoms with Gasteiger partial charge in [0.1, 0.15) is 0 Å². The largest absolute Gasteiger partial charge is 0.478 e. The molecule has 3 aromatic rings. The van der Waals surface area contributed by atoms with E-state index in [0.29, 0.717) is 29.8 Å². The Hall–Kier alpha value is -3.62. The van der Waals surface area contributed by atoms with Crippen molar-refractivity contribution in [2.45, 2.75) is 6.92 Å². The van der Waals surface area contributed by atoms with Gasteiger partial charge in [0.15, 0.2) is 5.17 Å². The van der Waals surface area contributed by atoms with Gasteiger partial charge in [0, 0.05) is 24.2 Å². The zero-order valence-corrected chi connectivity index (χ0v) is 18.9. The third-order valence-corrected chi connectivity index (χ3v) is 5.99. The van der Waals surface area contributed by atoms with E-state index in [2.05, 4.69) is 4.99 Å². The first-order valence-electron chi connectivity index (χ1n) is 10.5. The van der Waals surface area contributed by atoms with Gasteiger partial charge in [-0.05, 0) is 73.3 Å². The molecule has 1 aliphatic heterocycles. The van der Waals surface area contributed by atoms with Crippen molar-refractivity contribution in [3.63, 3.8) is 0 Å². The van der Waals surface area contributed by atoms with Crippen molar-refractivity contribution in [3.8, 4) is 5.69 Å². The van der Waals surface area contributed by atoms with E-state index in [1.165, 1.54) is 11.8 Å². The van der Waals surface area contributed by atoms with E-state index in [0.717, 1.165) is 17.1 Å². The molecule has 1 amide bonds. The Morgan fingerprint density at radius 2 is 1.85 bits per heavy atom. The van der Waals surface area contributed by atoms with E-state index in [4.69, 9.17) is 9.84 Å². The van der Waals surface area contributed by atoms with Crippen LogP contribution in [0.15, 0.2) is 82.8 Å². The number of para-hydroxylation sites is 1. The molecule has 0 aliphatic carbocycles. The quantitative estimate of drug-likeness (QED) is 0.384. The van der Waals surface area contributed by atoms with Crippen molar-refractivity contribution in [1.82, 2.24) is 9.47 Å². The number of hydrogen-bond donors (Lipinski definition) is 1. The van der Waals surface area contributed by atoms with Gasteiger partial charge in [-0.3, -0.25) is 9.69 Å². The molecule has 33 heavy (non-hydrogen) atoms. The van der Waals surface area contributed by atoms with Crippen LogP contribution >= 0.6 is 11.8 Å². The highest BCUT2D eigenvalue weighted by molar-refractivity contribution is 8.18. The number of carbonyl (C=O) groups excluding carboxylic acids is 1. The maximum Gasteiger partial charge on any atom is 0.335 e. The van der Waals surface area contributed by atoms with Crippen LogP contribution in [0, 0.1) is 0 Å². The number of aliphatic imine (C=N–C) groups is 1. The molecule has 1 saturated heterocycles. The van der Waals surface area contributed by atoms with Crippen molar-refractivity contribution in [1.29, 1.82) is 0 Å². The number of thioether (sulfide) groups is 1. The third kappa shape index (κ3) is 5.24. The summed E-state index contributed by atoms with van der Waals surface area (Å²) in [5.74, 6) is -1.09. The number of hydrogen-bond acceptors (Lipinski definition) is 5. The zero-order valence-electron chi connectivity index (χ0n) is 18.0. The third-order valence-electron chi connectivity index (χ3n) is 4.98. The predicted octanol–water partition coefficient (Wildman–Crippen LogP) is 4.82. The summed E-state index contributed by atoms with van der Waals surface area (Å²) in [6.07, 6.45) is 3.71. The molecular weight excluding hydrogens is 438 g/mol. The van der Waals surface area contributed by atoms with Crippen molar-refractivity contribution in [3.05, 3.63) is 89.1 Å². The van der Waals surface area contributed by atoms with Crippen molar-refractivity contribution >= 4 is 40.6 Å². The molecule has 168 valence electrons. The predicted molar refractivity (Wildman–Crippen MR) is 130 cm³/mol. The minimum absolute atomic E-state index is 0.122. The highest BCUT2D eigenvalue weighted by atomic mass is 32.2. The number of nitrogens with zero attached hydrogens (tertiary/aromatic N) is 3. The van der Waals surface area contributed by atoms with E-state index >= 15 is 0 Å². The Kier molecular flexibility index (Phi) is 7.07. The Morgan fingerprint density at radius 1 is 1.09 bits per heavy atom. The maximum absolute atomic E-state index is 13.2. The van der Waals surface area contributed by atoms with Crippen LogP contribution in [0.5, 0.6) is 0 Å². The van der Waals surface area contributed by atoms with Crippen LogP contribution in [0.2, 0.25) is 0 Å². The highest BCUT2D eigenvalue weighted by Crippen LogP contribution is 2.34. The molecule has 0 radical (unpaired) electrons. The Balaban J connectivity index is 1.64. The fourth-order valence-corrected chi connectivity index (χ4v) is 4.36. The SMILES string of the molecule is CCOCCN1C(=O)/C(=C/c2cccn2-c2ccc(C(=O)O)cc2)SC1=Nc1ccccc1. The fourth-order valence-electron chi connectivity index (χ4n) is 3.35. The second-order valence-electron chi connectivity index (χ2n) is 7.15. The Labute approximate surface area is 196 Å². The van der Waals surface area contributed by atoms with E-state index in [-0.39, 0.29) is 11.5 Å². The van der Waals surface area contributed by atoms with Crippen LogP contribution < -0.4 is 0 Å². The molecular formula is C25H23N3O4S. The lowest BCUT2D eigenvalue weighted by Crippen LogP contribution is -2.32. The Bertz CT molecular complexity index is 1200. The first kappa shape index (κ1) is 22.6. The van der Waals surface area contributed by atoms with E-state index in [1.54, 1.807) is 29.2 Å². The van der Waals surface area contributed by atoms with Gasteiger partial charge in [0.05, 0.1) is 29.3 Å². The topological polar surface area (TPSA) is 84.1 Å². The summed E-state index contributed by atoms with van der Waals surface area (Å²) in [5, 5.41) is 9.74. The minimum Gasteiger partial charge on any atom is -0.478 e. The summed E-state index contributed by atoms with van der Waals surface area (Å²) >= 11 is 1.33. The van der Waals surface area contributed by atoms with Crippen LogP contribution in [0.4, 0.5) is 5.69 Å². The van der Waals surface area contributed by atoms with Crippen LogP contribution in [0.25, 0.3) is 11.8 Å². The molecule has 0 saturated carbocycles. The van der Waals surface area contributed by atoms with Gasteiger partial charge in [0.25, 0.3) is 5.91 Å². The van der Waals surface area contributed by atoms with Gasteiger partial charge in [-0.25, -0.2) is 9.79 Å². The van der Waals surface area contributed by atoms with Crippen LogP contribution in [0.3, 0.4) is 0 Å². The lowest BCUT2D eigenvalue weighted by molar-refractivity contribution is -0.122. The lowest BCUT2D eigenvalue weighted by atomic mass is 10.2. The number of carboxylic acids is 1. The standard InChI is InChI=1S/C25H23N3O4S/c1-2-32-16-15-28-23(29)22(33-25(28)26-19-7-4-3-5-8-19)17-21-9-6-14-27(21)20-12-10-18(11-13-20)24(30)31/h3-14,17H,2,15-16H2,1H3,(H,30,31)/b22-17-,26-25?. The Morgan fingerprint density at radius 3 is 2.55 bits per heavy atom. The van der Waals surface area contributed by atoms with Crippen LogP contribution in [-0.4, -0.2) is 51.4 Å². The monoisotopic (exact) mass is 461 g/mol. The first-order valence-corrected chi connectivity index (χ1v) is 11.3. The van der Waals surface area contributed by atoms with Gasteiger partial charge < -0.3 is 14.4 Å². The highest BCUT2D eigenvalue weighted by Gasteiger charge is 2.33. The molecule has 0 unspecified atom stereocenters. The smallest absolute Gasteiger partial charge is 0.335 e. The second-order valence-corrected chi connectivity index (χ2v) is 8.16. The number of carbonyl (C=O) groups is 2. The number of benzene rings is 2. The molecule has 1 aliphatic rings. The number of aromatic carboxylic acids is 1. The molecule has 1 aromatic heterocycles. The van der Waals surface area contributed by atoms with E-state index in [1.807, 2.05) is 66.2 Å². The van der Waals surface area contributed by atoms with E-state index < -0.39 is 5.97 Å². The number of ether oxygens (including phenoxy) is 1. The molecule has 0 spiro atoms. The first-order chi connectivity index (χ1) is 16.1. The van der Waals surface area contributed by atoms with Crippen molar-refractivity contribution < 1.29 is 19.4 Å².